The van der Waals surface area contributed by atoms with Gasteiger partial charge in [-0.15, -0.1) is 0 Å². The number of amides is 1. The van der Waals surface area contributed by atoms with Crippen molar-refractivity contribution >= 4 is 11.9 Å². The van der Waals surface area contributed by atoms with E-state index in [0.29, 0.717) is 19.6 Å². The molecule has 1 amide bonds. The van der Waals surface area contributed by atoms with Gasteiger partial charge in [0.15, 0.2) is 0 Å². The van der Waals surface area contributed by atoms with Crippen LogP contribution in [0, 0.1) is 0 Å². The molecule has 0 aliphatic carbocycles. The SMILES string of the molecule is CCOC(=O)CCCCCNC(=O)C(c1ccccc1)c1ccccc1. The van der Waals surface area contributed by atoms with Gasteiger partial charge in [-0.05, 0) is 30.9 Å². The zero-order valence-electron chi connectivity index (χ0n) is 15.3. The molecule has 0 spiro atoms. The van der Waals surface area contributed by atoms with E-state index in [2.05, 4.69) is 5.32 Å². The molecule has 0 saturated carbocycles. The number of unbranched alkanes of at least 4 members (excludes halogenated alkanes) is 2. The largest absolute Gasteiger partial charge is 0.466 e. The lowest BCUT2D eigenvalue weighted by Crippen LogP contribution is -2.30. The van der Waals surface area contributed by atoms with Crippen LogP contribution in [-0.2, 0) is 14.3 Å². The van der Waals surface area contributed by atoms with Crippen molar-refractivity contribution in [3.63, 3.8) is 0 Å². The average molecular weight is 353 g/mol. The predicted octanol–water partition coefficient (Wildman–Crippen LogP) is 4.06. The molecule has 0 aliphatic heterocycles. The molecule has 1 N–H and O–H groups in total. The summed E-state index contributed by atoms with van der Waals surface area (Å²) in [5, 5.41) is 3.04. The zero-order chi connectivity index (χ0) is 18.6. The van der Waals surface area contributed by atoms with E-state index >= 15 is 0 Å². The number of ether oxygens (including phenoxy) is 1. The summed E-state index contributed by atoms with van der Waals surface area (Å²) in [6.07, 6.45) is 2.97. The van der Waals surface area contributed by atoms with Crippen LogP contribution >= 0.6 is 0 Å². The summed E-state index contributed by atoms with van der Waals surface area (Å²) < 4.78 is 4.91. The molecule has 4 heteroatoms. The third-order valence-corrected chi connectivity index (χ3v) is 4.19. The van der Waals surface area contributed by atoms with Gasteiger partial charge in [0, 0.05) is 13.0 Å². The van der Waals surface area contributed by atoms with Crippen LogP contribution in [0.5, 0.6) is 0 Å². The second-order valence-electron chi connectivity index (χ2n) is 6.16. The number of carbonyl (C=O) groups is 2. The summed E-state index contributed by atoms with van der Waals surface area (Å²) in [7, 11) is 0. The molecule has 0 saturated heterocycles. The molecule has 0 bridgehead atoms. The smallest absolute Gasteiger partial charge is 0.305 e. The number of hydrogen-bond acceptors (Lipinski definition) is 3. The normalized spacial score (nSPS) is 10.5. The lowest BCUT2D eigenvalue weighted by atomic mass is 9.90. The van der Waals surface area contributed by atoms with Crippen LogP contribution in [0.1, 0.15) is 49.7 Å². The van der Waals surface area contributed by atoms with Crippen molar-refractivity contribution in [2.75, 3.05) is 13.2 Å². The Kier molecular flexibility index (Phi) is 8.40. The van der Waals surface area contributed by atoms with Crippen LogP contribution in [0.25, 0.3) is 0 Å². The van der Waals surface area contributed by atoms with E-state index in [-0.39, 0.29) is 17.8 Å². The Balaban J connectivity index is 1.85. The van der Waals surface area contributed by atoms with Gasteiger partial charge in [-0.1, -0.05) is 67.1 Å². The lowest BCUT2D eigenvalue weighted by molar-refractivity contribution is -0.143. The first kappa shape index (κ1) is 19.7. The fourth-order valence-corrected chi connectivity index (χ4v) is 2.90. The van der Waals surface area contributed by atoms with E-state index < -0.39 is 0 Å². The monoisotopic (exact) mass is 353 g/mol. The maximum Gasteiger partial charge on any atom is 0.305 e. The van der Waals surface area contributed by atoms with Crippen molar-refractivity contribution in [2.45, 2.75) is 38.5 Å². The van der Waals surface area contributed by atoms with Gasteiger partial charge in [-0.25, -0.2) is 0 Å². The van der Waals surface area contributed by atoms with Gasteiger partial charge >= 0.3 is 5.97 Å². The Labute approximate surface area is 155 Å². The van der Waals surface area contributed by atoms with E-state index in [9.17, 15) is 9.59 Å². The van der Waals surface area contributed by atoms with Crippen LogP contribution in [-0.4, -0.2) is 25.0 Å². The minimum absolute atomic E-state index is 0.00722. The second-order valence-corrected chi connectivity index (χ2v) is 6.16. The Bertz CT molecular complexity index is 631. The molecule has 0 heterocycles. The lowest BCUT2D eigenvalue weighted by Gasteiger charge is -2.18. The summed E-state index contributed by atoms with van der Waals surface area (Å²) >= 11 is 0. The van der Waals surface area contributed by atoms with Crippen molar-refractivity contribution < 1.29 is 14.3 Å². The summed E-state index contributed by atoms with van der Waals surface area (Å²) in [6, 6.07) is 19.6. The van der Waals surface area contributed by atoms with Crippen LogP contribution in [0.4, 0.5) is 0 Å². The Morgan fingerprint density at radius 3 is 2.00 bits per heavy atom. The van der Waals surface area contributed by atoms with E-state index in [0.717, 1.165) is 30.4 Å². The number of rotatable bonds is 10. The molecule has 2 rings (SSSR count). The number of hydrogen-bond donors (Lipinski definition) is 1. The molecule has 26 heavy (non-hydrogen) atoms. The molecule has 2 aromatic rings. The van der Waals surface area contributed by atoms with Crippen LogP contribution in [0.15, 0.2) is 60.7 Å². The maximum atomic E-state index is 12.8. The molecule has 2 aromatic carbocycles. The molecule has 0 radical (unpaired) electrons. The van der Waals surface area contributed by atoms with Gasteiger partial charge < -0.3 is 10.1 Å². The molecular weight excluding hydrogens is 326 g/mol. The Morgan fingerprint density at radius 2 is 1.46 bits per heavy atom. The predicted molar refractivity (Wildman–Crippen MR) is 103 cm³/mol. The fourth-order valence-electron chi connectivity index (χ4n) is 2.90. The maximum absolute atomic E-state index is 12.8. The third-order valence-electron chi connectivity index (χ3n) is 4.19. The Hall–Kier alpha value is -2.62. The van der Waals surface area contributed by atoms with E-state index in [1.54, 1.807) is 0 Å². The molecular formula is C22H27NO3. The fraction of sp³-hybridized carbons (Fsp3) is 0.364. The van der Waals surface area contributed by atoms with Crippen LogP contribution in [0.3, 0.4) is 0 Å². The number of esters is 1. The highest BCUT2D eigenvalue weighted by Crippen LogP contribution is 2.24. The molecule has 0 fully saturated rings. The average Bonchev–Trinajstić information content (AvgIpc) is 2.67. The highest BCUT2D eigenvalue weighted by atomic mass is 16.5. The standard InChI is InChI=1S/C22H27NO3/c1-2-26-20(24)16-10-5-11-17-23-22(25)21(18-12-6-3-7-13-18)19-14-8-4-9-15-19/h3-4,6-9,12-15,21H,2,5,10-11,16-17H2,1H3,(H,23,25). The van der Waals surface area contributed by atoms with Gasteiger partial charge in [0.05, 0.1) is 12.5 Å². The summed E-state index contributed by atoms with van der Waals surface area (Å²) in [6.45, 7) is 2.84. The number of nitrogens with one attached hydrogen (secondary N) is 1. The van der Waals surface area contributed by atoms with E-state index in [1.807, 2.05) is 67.6 Å². The van der Waals surface area contributed by atoms with Gasteiger partial charge in [0.1, 0.15) is 0 Å². The van der Waals surface area contributed by atoms with Crippen molar-refractivity contribution in [3.05, 3.63) is 71.8 Å². The van der Waals surface area contributed by atoms with Gasteiger partial charge in [-0.3, -0.25) is 9.59 Å². The minimum Gasteiger partial charge on any atom is -0.466 e. The first-order valence-electron chi connectivity index (χ1n) is 9.25. The molecule has 4 nitrogen and oxygen atoms in total. The van der Waals surface area contributed by atoms with Gasteiger partial charge in [0.25, 0.3) is 0 Å². The molecule has 0 unspecified atom stereocenters. The minimum atomic E-state index is -0.308. The zero-order valence-corrected chi connectivity index (χ0v) is 15.3. The van der Waals surface area contributed by atoms with Gasteiger partial charge in [-0.2, -0.15) is 0 Å². The van der Waals surface area contributed by atoms with Crippen molar-refractivity contribution in [2.24, 2.45) is 0 Å². The topological polar surface area (TPSA) is 55.4 Å². The summed E-state index contributed by atoms with van der Waals surface area (Å²) in [4.78, 5) is 24.1. The first-order chi connectivity index (χ1) is 12.7. The highest BCUT2D eigenvalue weighted by molar-refractivity contribution is 5.87. The molecule has 0 atom stereocenters. The summed E-state index contributed by atoms with van der Waals surface area (Å²) in [5.41, 5.74) is 1.97. The number of carbonyl (C=O) groups excluding carboxylic acids is 2. The third kappa shape index (κ3) is 6.36. The highest BCUT2D eigenvalue weighted by Gasteiger charge is 2.21. The molecule has 0 aromatic heterocycles. The molecule has 0 aliphatic rings. The quantitative estimate of drug-likeness (QED) is 0.518. The first-order valence-corrected chi connectivity index (χ1v) is 9.25. The van der Waals surface area contributed by atoms with Crippen molar-refractivity contribution in [3.8, 4) is 0 Å². The Morgan fingerprint density at radius 1 is 0.885 bits per heavy atom. The van der Waals surface area contributed by atoms with E-state index in [1.165, 1.54) is 0 Å². The van der Waals surface area contributed by atoms with E-state index in [4.69, 9.17) is 4.74 Å². The van der Waals surface area contributed by atoms with Crippen molar-refractivity contribution in [1.29, 1.82) is 0 Å². The van der Waals surface area contributed by atoms with Crippen molar-refractivity contribution in [1.82, 2.24) is 5.32 Å². The van der Waals surface area contributed by atoms with Gasteiger partial charge in [0.2, 0.25) is 5.91 Å². The van der Waals surface area contributed by atoms with Crippen LogP contribution < -0.4 is 5.32 Å². The summed E-state index contributed by atoms with van der Waals surface area (Å²) in [5.74, 6) is -0.450. The molecule has 138 valence electrons. The number of benzene rings is 2. The van der Waals surface area contributed by atoms with Crippen LogP contribution in [0.2, 0.25) is 0 Å². The second kappa shape index (κ2) is 11.1.